The molecule has 5 rings (SSSR count). The van der Waals surface area contributed by atoms with Gasteiger partial charge in [0.05, 0.1) is 18.9 Å². The first-order chi connectivity index (χ1) is 19.9. The average Bonchev–Trinajstić information content (AvgIpc) is 3.34. The topological polar surface area (TPSA) is 83.8 Å². The Morgan fingerprint density at radius 2 is 1.66 bits per heavy atom. The maximum absolute atomic E-state index is 14.5. The van der Waals surface area contributed by atoms with Gasteiger partial charge in [0.2, 0.25) is 5.91 Å². The third-order valence-electron chi connectivity index (χ3n) is 7.97. The molecule has 2 amide bonds. The fourth-order valence-electron chi connectivity index (χ4n) is 5.65. The molecule has 1 aromatic heterocycles. The smallest absolute Gasteiger partial charge is 0.276 e. The van der Waals surface area contributed by atoms with Gasteiger partial charge in [-0.1, -0.05) is 48.7 Å². The number of rotatable bonds is 4. The second kappa shape index (κ2) is 13.4. The predicted molar refractivity (Wildman–Crippen MR) is 154 cm³/mol. The molecule has 2 aromatic carbocycles. The Bertz CT molecular complexity index is 1370. The van der Waals surface area contributed by atoms with E-state index in [1.807, 2.05) is 4.90 Å². The highest BCUT2D eigenvalue weighted by Gasteiger charge is 2.26. The largest absolute Gasteiger partial charge is 0.379 e. The van der Waals surface area contributed by atoms with Crippen LogP contribution in [-0.2, 0) is 22.6 Å². The highest BCUT2D eigenvalue weighted by molar-refractivity contribution is 5.94. The molecule has 3 aromatic rings. The van der Waals surface area contributed by atoms with Crippen LogP contribution in [0.1, 0.15) is 66.3 Å². The molecular formula is C31H39FN6O3. The number of fused-ring (bicyclic) bond motifs is 1. The summed E-state index contributed by atoms with van der Waals surface area (Å²) in [6, 6.07) is 12.6. The van der Waals surface area contributed by atoms with Gasteiger partial charge in [-0.3, -0.25) is 14.5 Å². The van der Waals surface area contributed by atoms with Crippen LogP contribution in [0.25, 0.3) is 5.69 Å². The number of aromatic nitrogens is 3. The normalized spacial score (nSPS) is 17.4. The van der Waals surface area contributed by atoms with Crippen molar-refractivity contribution in [1.82, 2.24) is 24.8 Å². The number of carbonyl (C=O) groups is 2. The zero-order chi connectivity index (χ0) is 28.8. The van der Waals surface area contributed by atoms with Gasteiger partial charge < -0.3 is 14.5 Å². The van der Waals surface area contributed by atoms with Gasteiger partial charge in [0.15, 0.2) is 5.69 Å². The number of hydrogen-bond acceptors (Lipinski definition) is 6. The molecule has 9 nitrogen and oxygen atoms in total. The molecule has 0 spiro atoms. The van der Waals surface area contributed by atoms with Crippen molar-refractivity contribution >= 4 is 17.5 Å². The SMILES string of the molecule is CC(=O)N1CCCCCCCN(C(=O)c2nnn(-c3ccccc3F)c2C)Cc2ccc(CN3CCOCC3)cc21. The number of carbonyl (C=O) groups excluding carboxylic acids is 2. The number of hydrogen-bond donors (Lipinski definition) is 0. The van der Waals surface area contributed by atoms with Gasteiger partial charge >= 0.3 is 0 Å². The van der Waals surface area contributed by atoms with E-state index >= 15 is 0 Å². The maximum atomic E-state index is 14.5. The lowest BCUT2D eigenvalue weighted by Crippen LogP contribution is -2.36. The van der Waals surface area contributed by atoms with Crippen molar-refractivity contribution < 1.29 is 18.7 Å². The second-order valence-corrected chi connectivity index (χ2v) is 10.9. The lowest BCUT2D eigenvalue weighted by atomic mass is 10.0. The molecule has 0 unspecified atom stereocenters. The van der Waals surface area contributed by atoms with Crippen molar-refractivity contribution in [1.29, 1.82) is 0 Å². The van der Waals surface area contributed by atoms with Crippen LogP contribution < -0.4 is 4.90 Å². The molecule has 1 fully saturated rings. The van der Waals surface area contributed by atoms with E-state index in [1.54, 1.807) is 36.9 Å². The van der Waals surface area contributed by atoms with E-state index in [0.29, 0.717) is 25.3 Å². The standard InChI is InChI=1S/C31H39FN6O3/c1-23-30(33-34-38(23)28-11-7-6-10-27(28)32)31(40)36-14-8-4-3-5-9-15-37(24(2)39)29-20-25(12-13-26(29)22-36)21-35-16-18-41-19-17-35/h6-7,10-13,20H,3-5,8-9,14-19,21-22H2,1-2H3. The number of halogens is 1. The van der Waals surface area contributed by atoms with E-state index in [2.05, 4.69) is 33.4 Å². The molecule has 2 aliphatic rings. The minimum atomic E-state index is -0.433. The summed E-state index contributed by atoms with van der Waals surface area (Å²) in [5.74, 6) is -0.690. The molecule has 1 saturated heterocycles. The molecule has 0 bridgehead atoms. The first-order valence-corrected chi connectivity index (χ1v) is 14.6. The van der Waals surface area contributed by atoms with E-state index < -0.39 is 5.82 Å². The molecule has 0 atom stereocenters. The Hall–Kier alpha value is -3.63. The van der Waals surface area contributed by atoms with Crippen LogP contribution in [0.5, 0.6) is 0 Å². The van der Waals surface area contributed by atoms with Crippen molar-refractivity contribution in [2.45, 2.75) is 59.0 Å². The van der Waals surface area contributed by atoms with Gasteiger partial charge in [0.25, 0.3) is 5.91 Å². The minimum absolute atomic E-state index is 0.00613. The first-order valence-electron chi connectivity index (χ1n) is 14.6. The van der Waals surface area contributed by atoms with Crippen LogP contribution in [0.15, 0.2) is 42.5 Å². The molecule has 3 heterocycles. The number of benzene rings is 2. The highest BCUT2D eigenvalue weighted by atomic mass is 19.1. The summed E-state index contributed by atoms with van der Waals surface area (Å²) in [5.41, 5.74) is 3.84. The number of ether oxygens (including phenoxy) is 1. The van der Waals surface area contributed by atoms with E-state index in [0.717, 1.165) is 81.8 Å². The second-order valence-electron chi connectivity index (χ2n) is 10.9. The Morgan fingerprint density at radius 3 is 2.41 bits per heavy atom. The van der Waals surface area contributed by atoms with Crippen LogP contribution >= 0.6 is 0 Å². The molecule has 218 valence electrons. The zero-order valence-electron chi connectivity index (χ0n) is 24.0. The Labute approximate surface area is 240 Å². The molecule has 0 saturated carbocycles. The van der Waals surface area contributed by atoms with Gasteiger partial charge in [0.1, 0.15) is 11.5 Å². The highest BCUT2D eigenvalue weighted by Crippen LogP contribution is 2.28. The summed E-state index contributed by atoms with van der Waals surface area (Å²) < 4.78 is 21.4. The summed E-state index contributed by atoms with van der Waals surface area (Å²) >= 11 is 0. The third kappa shape index (κ3) is 6.82. The molecule has 2 aliphatic heterocycles. The molecule has 0 N–H and O–H groups in total. The Kier molecular flexibility index (Phi) is 9.41. The minimum Gasteiger partial charge on any atom is -0.379 e. The fraction of sp³-hybridized carbons (Fsp3) is 0.484. The van der Waals surface area contributed by atoms with Crippen molar-refractivity contribution in [3.8, 4) is 5.69 Å². The molecular weight excluding hydrogens is 523 g/mol. The summed E-state index contributed by atoms with van der Waals surface area (Å²) in [5, 5.41) is 8.32. The van der Waals surface area contributed by atoms with Crippen molar-refractivity contribution in [2.75, 3.05) is 44.3 Å². The summed E-state index contributed by atoms with van der Waals surface area (Å²) in [6.45, 7) is 8.87. The zero-order valence-corrected chi connectivity index (χ0v) is 24.0. The maximum Gasteiger partial charge on any atom is 0.276 e. The molecule has 10 heteroatoms. The van der Waals surface area contributed by atoms with Gasteiger partial charge in [-0.2, -0.15) is 0 Å². The monoisotopic (exact) mass is 562 g/mol. The van der Waals surface area contributed by atoms with E-state index in [1.165, 1.54) is 10.7 Å². The van der Waals surface area contributed by atoms with Gasteiger partial charge in [-0.05, 0) is 49.1 Å². The van der Waals surface area contributed by atoms with Gasteiger partial charge in [0, 0.05) is 51.9 Å². The van der Waals surface area contributed by atoms with Crippen molar-refractivity contribution in [2.24, 2.45) is 0 Å². The first kappa shape index (κ1) is 28.9. The number of amides is 2. The lowest BCUT2D eigenvalue weighted by Gasteiger charge is -2.30. The quantitative estimate of drug-likeness (QED) is 0.466. The van der Waals surface area contributed by atoms with Crippen LogP contribution in [0.2, 0.25) is 0 Å². The fourth-order valence-corrected chi connectivity index (χ4v) is 5.65. The Balaban J connectivity index is 1.47. The number of morpholine rings is 1. The molecule has 0 radical (unpaired) electrons. The van der Waals surface area contributed by atoms with Gasteiger partial charge in [-0.25, -0.2) is 9.07 Å². The third-order valence-corrected chi connectivity index (χ3v) is 7.97. The molecule has 41 heavy (non-hydrogen) atoms. The van der Waals surface area contributed by atoms with Gasteiger partial charge in [-0.15, -0.1) is 5.10 Å². The van der Waals surface area contributed by atoms with Crippen LogP contribution in [0.3, 0.4) is 0 Å². The number of para-hydroxylation sites is 1. The van der Waals surface area contributed by atoms with E-state index in [9.17, 15) is 14.0 Å². The Morgan fingerprint density at radius 1 is 0.927 bits per heavy atom. The number of anilines is 1. The van der Waals surface area contributed by atoms with E-state index in [4.69, 9.17) is 4.74 Å². The summed E-state index contributed by atoms with van der Waals surface area (Å²) in [7, 11) is 0. The number of nitrogens with zero attached hydrogens (tertiary/aromatic N) is 6. The lowest BCUT2D eigenvalue weighted by molar-refractivity contribution is -0.116. The molecule has 0 aliphatic carbocycles. The van der Waals surface area contributed by atoms with Crippen LogP contribution in [0.4, 0.5) is 10.1 Å². The predicted octanol–water partition coefficient (Wildman–Crippen LogP) is 4.51. The van der Waals surface area contributed by atoms with Crippen LogP contribution in [-0.4, -0.2) is 76.0 Å². The van der Waals surface area contributed by atoms with Crippen molar-refractivity contribution in [3.05, 3.63) is 70.8 Å². The summed E-state index contributed by atoms with van der Waals surface area (Å²) in [4.78, 5) is 32.8. The van der Waals surface area contributed by atoms with Crippen molar-refractivity contribution in [3.63, 3.8) is 0 Å². The van der Waals surface area contributed by atoms with Crippen LogP contribution in [0, 0.1) is 12.7 Å². The average molecular weight is 563 g/mol. The van der Waals surface area contributed by atoms with E-state index in [-0.39, 0.29) is 23.2 Å². The summed E-state index contributed by atoms with van der Waals surface area (Å²) in [6.07, 6.45) is 4.87.